The number of hydrogen-bond acceptors (Lipinski definition) is 4. The van der Waals surface area contributed by atoms with Crippen molar-refractivity contribution in [3.63, 3.8) is 0 Å². The Morgan fingerprint density at radius 3 is 2.44 bits per heavy atom. The summed E-state index contributed by atoms with van der Waals surface area (Å²) in [6.45, 7) is 4.08. The van der Waals surface area contributed by atoms with Gasteiger partial charge in [-0.25, -0.2) is 0 Å². The van der Waals surface area contributed by atoms with Gasteiger partial charge in [-0.05, 0) is 31.0 Å². The standard InChI is InChI=1S/C13H13NO4/c1-9-4-3-5-10(2)13(9)17-8-11-6-7-12(18-11)14(15)16/h3-7H,8H2,1-2H3. The first-order valence-corrected chi connectivity index (χ1v) is 5.50. The van der Waals surface area contributed by atoms with Gasteiger partial charge in [0, 0.05) is 0 Å². The van der Waals surface area contributed by atoms with Crippen LogP contribution in [0.25, 0.3) is 0 Å². The molecule has 0 aliphatic rings. The van der Waals surface area contributed by atoms with E-state index in [0.717, 1.165) is 16.9 Å². The van der Waals surface area contributed by atoms with Gasteiger partial charge in [-0.2, -0.15) is 0 Å². The van der Waals surface area contributed by atoms with Crippen LogP contribution < -0.4 is 4.74 Å². The normalized spacial score (nSPS) is 10.3. The van der Waals surface area contributed by atoms with Gasteiger partial charge in [0.05, 0.1) is 6.07 Å². The zero-order valence-electron chi connectivity index (χ0n) is 10.2. The van der Waals surface area contributed by atoms with E-state index in [1.165, 1.54) is 6.07 Å². The lowest BCUT2D eigenvalue weighted by Gasteiger charge is -2.10. The number of nitro groups is 1. The Bertz CT molecular complexity index is 554. The van der Waals surface area contributed by atoms with Crippen molar-refractivity contribution in [2.75, 3.05) is 0 Å². The van der Waals surface area contributed by atoms with Crippen LogP contribution in [0.4, 0.5) is 5.88 Å². The number of para-hydroxylation sites is 1. The molecule has 2 rings (SSSR count). The largest absolute Gasteiger partial charge is 0.485 e. The topological polar surface area (TPSA) is 65.5 Å². The Morgan fingerprint density at radius 2 is 1.89 bits per heavy atom. The highest BCUT2D eigenvalue weighted by molar-refractivity contribution is 5.39. The summed E-state index contributed by atoms with van der Waals surface area (Å²) >= 11 is 0. The van der Waals surface area contributed by atoms with Crippen molar-refractivity contribution < 1.29 is 14.1 Å². The maximum Gasteiger partial charge on any atom is 0.433 e. The highest BCUT2D eigenvalue weighted by Crippen LogP contribution is 2.24. The van der Waals surface area contributed by atoms with Crippen molar-refractivity contribution in [2.45, 2.75) is 20.5 Å². The molecule has 0 amide bonds. The van der Waals surface area contributed by atoms with Crippen molar-refractivity contribution in [3.8, 4) is 5.75 Å². The van der Waals surface area contributed by atoms with Crippen LogP contribution in [-0.4, -0.2) is 4.92 Å². The summed E-state index contributed by atoms with van der Waals surface area (Å²) in [6, 6.07) is 8.73. The van der Waals surface area contributed by atoms with Crippen LogP contribution in [0.1, 0.15) is 16.9 Å². The Balaban J connectivity index is 2.09. The zero-order valence-corrected chi connectivity index (χ0v) is 10.2. The molecule has 0 bridgehead atoms. The number of benzene rings is 1. The minimum absolute atomic E-state index is 0.180. The van der Waals surface area contributed by atoms with Crippen LogP contribution in [0, 0.1) is 24.0 Å². The average Bonchev–Trinajstić information content (AvgIpc) is 2.77. The first kappa shape index (κ1) is 12.2. The van der Waals surface area contributed by atoms with Gasteiger partial charge in [0.2, 0.25) is 0 Å². The molecule has 2 aromatic rings. The maximum absolute atomic E-state index is 10.5. The predicted octanol–water partition coefficient (Wildman–Crippen LogP) is 3.38. The molecule has 0 aliphatic carbocycles. The van der Waals surface area contributed by atoms with E-state index >= 15 is 0 Å². The smallest absolute Gasteiger partial charge is 0.433 e. The van der Waals surface area contributed by atoms with E-state index in [2.05, 4.69) is 0 Å². The molecular formula is C13H13NO4. The third-order valence-electron chi connectivity index (χ3n) is 2.59. The summed E-state index contributed by atoms with van der Waals surface area (Å²) < 4.78 is 10.7. The SMILES string of the molecule is Cc1cccc(C)c1OCc1ccc([N+](=O)[O-])o1. The lowest BCUT2D eigenvalue weighted by atomic mass is 10.1. The van der Waals surface area contributed by atoms with Gasteiger partial charge in [0.15, 0.2) is 0 Å². The quantitative estimate of drug-likeness (QED) is 0.613. The van der Waals surface area contributed by atoms with E-state index in [0.29, 0.717) is 5.76 Å². The fourth-order valence-electron chi connectivity index (χ4n) is 1.71. The molecule has 0 unspecified atom stereocenters. The van der Waals surface area contributed by atoms with Gasteiger partial charge in [0.1, 0.15) is 23.0 Å². The molecule has 0 saturated carbocycles. The van der Waals surface area contributed by atoms with Crippen molar-refractivity contribution >= 4 is 5.88 Å². The fourth-order valence-corrected chi connectivity index (χ4v) is 1.71. The molecule has 0 atom stereocenters. The second-order valence-corrected chi connectivity index (χ2v) is 4.01. The Labute approximate surface area is 104 Å². The maximum atomic E-state index is 10.5. The van der Waals surface area contributed by atoms with Gasteiger partial charge in [-0.1, -0.05) is 18.2 Å². The number of aryl methyl sites for hydroxylation is 2. The number of hydrogen-bond donors (Lipinski definition) is 0. The van der Waals surface area contributed by atoms with Crippen LogP contribution in [0.2, 0.25) is 0 Å². The average molecular weight is 247 g/mol. The molecular weight excluding hydrogens is 234 g/mol. The minimum atomic E-state index is -0.567. The lowest BCUT2D eigenvalue weighted by Crippen LogP contribution is -1.97. The van der Waals surface area contributed by atoms with Crippen molar-refractivity contribution in [1.29, 1.82) is 0 Å². The summed E-state index contributed by atoms with van der Waals surface area (Å²) in [5.41, 5.74) is 2.05. The molecule has 1 aromatic heterocycles. The number of rotatable bonds is 4. The summed E-state index contributed by atoms with van der Waals surface area (Å²) in [6.07, 6.45) is 0. The van der Waals surface area contributed by atoms with Crippen LogP contribution in [0.3, 0.4) is 0 Å². The lowest BCUT2D eigenvalue weighted by molar-refractivity contribution is -0.402. The summed E-state index contributed by atoms with van der Waals surface area (Å²) in [5, 5.41) is 10.5. The number of ether oxygens (including phenoxy) is 1. The van der Waals surface area contributed by atoms with E-state index in [1.54, 1.807) is 6.07 Å². The highest BCUT2D eigenvalue weighted by atomic mass is 16.6. The van der Waals surface area contributed by atoms with Crippen LogP contribution in [0.5, 0.6) is 5.75 Å². The molecule has 0 saturated heterocycles. The van der Waals surface area contributed by atoms with Gasteiger partial charge < -0.3 is 9.15 Å². The van der Waals surface area contributed by atoms with E-state index < -0.39 is 4.92 Å². The van der Waals surface area contributed by atoms with Gasteiger partial charge >= 0.3 is 5.88 Å². The molecule has 1 heterocycles. The fraction of sp³-hybridized carbons (Fsp3) is 0.231. The number of nitrogens with zero attached hydrogens (tertiary/aromatic N) is 1. The molecule has 0 aliphatic heterocycles. The third-order valence-corrected chi connectivity index (χ3v) is 2.59. The summed E-state index contributed by atoms with van der Waals surface area (Å²) in [4.78, 5) is 9.90. The van der Waals surface area contributed by atoms with Crippen molar-refractivity contribution in [2.24, 2.45) is 0 Å². The van der Waals surface area contributed by atoms with Gasteiger partial charge in [-0.3, -0.25) is 10.1 Å². The van der Waals surface area contributed by atoms with Crippen LogP contribution >= 0.6 is 0 Å². The van der Waals surface area contributed by atoms with Crippen molar-refractivity contribution in [3.05, 3.63) is 57.3 Å². The molecule has 5 nitrogen and oxygen atoms in total. The molecule has 0 N–H and O–H groups in total. The second-order valence-electron chi connectivity index (χ2n) is 4.01. The molecule has 0 radical (unpaired) electrons. The van der Waals surface area contributed by atoms with Crippen LogP contribution in [-0.2, 0) is 6.61 Å². The zero-order chi connectivity index (χ0) is 13.1. The van der Waals surface area contributed by atoms with E-state index in [4.69, 9.17) is 9.15 Å². The first-order valence-electron chi connectivity index (χ1n) is 5.50. The van der Waals surface area contributed by atoms with Gasteiger partial charge in [0.25, 0.3) is 0 Å². The van der Waals surface area contributed by atoms with Gasteiger partial charge in [-0.15, -0.1) is 0 Å². The Hall–Kier alpha value is -2.30. The van der Waals surface area contributed by atoms with E-state index in [1.807, 2.05) is 32.0 Å². The third kappa shape index (κ3) is 2.51. The second kappa shape index (κ2) is 4.91. The summed E-state index contributed by atoms with van der Waals surface area (Å²) in [7, 11) is 0. The first-order chi connectivity index (χ1) is 8.58. The van der Waals surface area contributed by atoms with E-state index in [9.17, 15) is 10.1 Å². The molecule has 94 valence electrons. The molecule has 18 heavy (non-hydrogen) atoms. The molecule has 0 spiro atoms. The van der Waals surface area contributed by atoms with E-state index in [-0.39, 0.29) is 12.5 Å². The molecule has 1 aromatic carbocycles. The number of furan rings is 1. The molecule has 0 fully saturated rings. The summed E-state index contributed by atoms with van der Waals surface area (Å²) in [5.74, 6) is 0.955. The Kier molecular flexibility index (Phi) is 3.32. The molecule has 5 heteroatoms. The Morgan fingerprint density at radius 1 is 1.22 bits per heavy atom. The monoisotopic (exact) mass is 247 g/mol. The van der Waals surface area contributed by atoms with Crippen LogP contribution in [0.15, 0.2) is 34.7 Å². The van der Waals surface area contributed by atoms with Crippen molar-refractivity contribution in [1.82, 2.24) is 0 Å². The minimum Gasteiger partial charge on any atom is -0.485 e. The highest BCUT2D eigenvalue weighted by Gasteiger charge is 2.12. The predicted molar refractivity (Wildman–Crippen MR) is 65.6 cm³/mol.